The number of rotatable bonds is 4. The molecular weight excluding hydrogens is 280 g/mol. The average molecular weight is 307 g/mol. The Balaban J connectivity index is 2.05. The van der Waals surface area contributed by atoms with Crippen molar-refractivity contribution in [1.82, 2.24) is 0 Å². The van der Waals surface area contributed by atoms with Gasteiger partial charge in [0.05, 0.1) is 0 Å². The van der Waals surface area contributed by atoms with E-state index in [1.54, 1.807) is 0 Å². The molecule has 0 aromatic heterocycles. The highest BCUT2D eigenvalue weighted by Gasteiger charge is 2.27. The van der Waals surface area contributed by atoms with Gasteiger partial charge in [-0.25, -0.2) is 9.48 Å². The van der Waals surface area contributed by atoms with Gasteiger partial charge in [0.25, 0.3) is 0 Å². The lowest BCUT2D eigenvalue weighted by Gasteiger charge is -2.17. The average Bonchev–Trinajstić information content (AvgIpc) is 3.04. The summed E-state index contributed by atoms with van der Waals surface area (Å²) in [6.07, 6.45) is 2.28. The van der Waals surface area contributed by atoms with Gasteiger partial charge in [-0.2, -0.15) is 0 Å². The third-order valence-corrected chi connectivity index (χ3v) is 4.58. The van der Waals surface area contributed by atoms with Gasteiger partial charge in [-0.3, -0.25) is 0 Å². The van der Waals surface area contributed by atoms with Crippen LogP contribution >= 0.6 is 0 Å². The summed E-state index contributed by atoms with van der Waals surface area (Å²) in [7, 11) is 0. The minimum Gasteiger partial charge on any atom is -0.230 e. The molecule has 0 aliphatic carbocycles. The smallest absolute Gasteiger partial charge is 0.230 e. The molecule has 120 valence electrons. The molecule has 0 amide bonds. The second-order valence-corrected chi connectivity index (χ2v) is 6.93. The first-order valence-corrected chi connectivity index (χ1v) is 8.64. The highest BCUT2D eigenvalue weighted by atomic mass is 15.3. The SMILES string of the molecule is CC(C)c1cccc(C(C)C)c1[N+]1=CN(c2ccccc2)CC1. The second-order valence-electron chi connectivity index (χ2n) is 6.93. The number of anilines is 1. The number of hydrogen-bond donors (Lipinski definition) is 0. The molecular formula is C21H27N2+. The van der Waals surface area contributed by atoms with E-state index in [0.717, 1.165) is 13.1 Å². The summed E-state index contributed by atoms with van der Waals surface area (Å²) < 4.78 is 2.44. The Labute approximate surface area is 140 Å². The van der Waals surface area contributed by atoms with Crippen LogP contribution in [-0.2, 0) is 0 Å². The lowest BCUT2D eigenvalue weighted by molar-refractivity contribution is -0.425. The van der Waals surface area contributed by atoms with Crippen molar-refractivity contribution in [2.45, 2.75) is 39.5 Å². The Hall–Kier alpha value is -2.09. The van der Waals surface area contributed by atoms with Crippen molar-refractivity contribution < 1.29 is 4.58 Å². The molecule has 23 heavy (non-hydrogen) atoms. The molecule has 1 heterocycles. The Morgan fingerprint density at radius 3 is 2.00 bits per heavy atom. The predicted molar refractivity (Wildman–Crippen MR) is 99.3 cm³/mol. The van der Waals surface area contributed by atoms with E-state index in [1.165, 1.54) is 22.5 Å². The fourth-order valence-corrected chi connectivity index (χ4v) is 3.33. The van der Waals surface area contributed by atoms with E-state index < -0.39 is 0 Å². The molecule has 2 aromatic rings. The van der Waals surface area contributed by atoms with E-state index in [9.17, 15) is 0 Å². The molecule has 2 aromatic carbocycles. The minimum atomic E-state index is 0.530. The molecule has 1 aliphatic rings. The minimum absolute atomic E-state index is 0.530. The number of nitrogens with zero attached hydrogens (tertiary/aromatic N) is 2. The largest absolute Gasteiger partial charge is 0.244 e. The third-order valence-electron chi connectivity index (χ3n) is 4.58. The van der Waals surface area contributed by atoms with Gasteiger partial charge in [-0.15, -0.1) is 0 Å². The summed E-state index contributed by atoms with van der Waals surface area (Å²) in [6, 6.07) is 17.4. The molecule has 0 N–H and O–H groups in total. The normalized spacial score (nSPS) is 14.7. The summed E-state index contributed by atoms with van der Waals surface area (Å²) in [6.45, 7) is 11.2. The van der Waals surface area contributed by atoms with Gasteiger partial charge >= 0.3 is 0 Å². The molecule has 3 rings (SSSR count). The van der Waals surface area contributed by atoms with E-state index >= 15 is 0 Å². The van der Waals surface area contributed by atoms with Gasteiger partial charge in [0, 0.05) is 11.1 Å². The van der Waals surface area contributed by atoms with E-state index in [0.29, 0.717) is 11.8 Å². The first-order valence-electron chi connectivity index (χ1n) is 8.64. The van der Waals surface area contributed by atoms with Crippen LogP contribution < -0.4 is 4.90 Å². The number of para-hydroxylation sites is 2. The van der Waals surface area contributed by atoms with Crippen molar-refractivity contribution >= 4 is 17.7 Å². The van der Waals surface area contributed by atoms with Gasteiger partial charge < -0.3 is 0 Å². The molecule has 0 atom stereocenters. The van der Waals surface area contributed by atoms with Crippen molar-refractivity contribution in [3.05, 3.63) is 59.7 Å². The zero-order valence-electron chi connectivity index (χ0n) is 14.7. The van der Waals surface area contributed by atoms with E-state index in [1.807, 2.05) is 0 Å². The topological polar surface area (TPSA) is 6.25 Å². The van der Waals surface area contributed by atoms with Crippen molar-refractivity contribution in [3.63, 3.8) is 0 Å². The Morgan fingerprint density at radius 1 is 0.826 bits per heavy atom. The van der Waals surface area contributed by atoms with E-state index in [-0.39, 0.29) is 0 Å². The van der Waals surface area contributed by atoms with E-state index in [4.69, 9.17) is 0 Å². The summed E-state index contributed by atoms with van der Waals surface area (Å²) in [5.74, 6) is 1.06. The molecule has 1 aliphatic heterocycles. The summed E-state index contributed by atoms with van der Waals surface area (Å²) in [4.78, 5) is 2.35. The number of hydrogen-bond acceptors (Lipinski definition) is 1. The quantitative estimate of drug-likeness (QED) is 0.710. The van der Waals surface area contributed by atoms with Crippen LogP contribution in [0.15, 0.2) is 48.5 Å². The van der Waals surface area contributed by atoms with Crippen LogP contribution in [0.1, 0.15) is 50.7 Å². The van der Waals surface area contributed by atoms with Gasteiger partial charge in [-0.1, -0.05) is 64.1 Å². The van der Waals surface area contributed by atoms with Crippen molar-refractivity contribution in [2.24, 2.45) is 0 Å². The van der Waals surface area contributed by atoms with E-state index in [2.05, 4.69) is 92.0 Å². The maximum Gasteiger partial charge on any atom is 0.244 e. The van der Waals surface area contributed by atoms with Crippen LogP contribution in [0.2, 0.25) is 0 Å². The summed E-state index contributed by atoms with van der Waals surface area (Å²) in [5, 5.41) is 0. The maximum absolute atomic E-state index is 2.44. The molecule has 0 saturated carbocycles. The van der Waals surface area contributed by atoms with Gasteiger partial charge in [0.15, 0.2) is 0 Å². The van der Waals surface area contributed by atoms with Crippen LogP contribution in [0.5, 0.6) is 0 Å². The van der Waals surface area contributed by atoms with Crippen molar-refractivity contribution in [1.29, 1.82) is 0 Å². The summed E-state index contributed by atoms with van der Waals surface area (Å²) in [5.41, 5.74) is 5.57. The fraction of sp³-hybridized carbons (Fsp3) is 0.381. The Kier molecular flexibility index (Phi) is 4.51. The van der Waals surface area contributed by atoms with Crippen molar-refractivity contribution in [3.8, 4) is 0 Å². The highest BCUT2D eigenvalue weighted by Crippen LogP contribution is 2.35. The third kappa shape index (κ3) is 3.17. The Morgan fingerprint density at radius 2 is 1.43 bits per heavy atom. The lowest BCUT2D eigenvalue weighted by atomic mass is 9.92. The van der Waals surface area contributed by atoms with Crippen LogP contribution in [0.25, 0.3) is 0 Å². The number of benzene rings is 2. The molecule has 0 saturated heterocycles. The molecule has 0 radical (unpaired) electrons. The molecule has 0 spiro atoms. The van der Waals surface area contributed by atoms with Crippen LogP contribution in [0.3, 0.4) is 0 Å². The first kappa shape index (κ1) is 15.8. The zero-order valence-corrected chi connectivity index (χ0v) is 14.7. The van der Waals surface area contributed by atoms with Crippen LogP contribution in [0.4, 0.5) is 11.4 Å². The lowest BCUT2D eigenvalue weighted by Crippen LogP contribution is -2.17. The summed E-state index contributed by atoms with van der Waals surface area (Å²) >= 11 is 0. The molecule has 2 nitrogen and oxygen atoms in total. The zero-order chi connectivity index (χ0) is 16.4. The predicted octanol–water partition coefficient (Wildman–Crippen LogP) is 5.13. The highest BCUT2D eigenvalue weighted by molar-refractivity contribution is 5.78. The van der Waals surface area contributed by atoms with Crippen LogP contribution in [-0.4, -0.2) is 24.0 Å². The van der Waals surface area contributed by atoms with Gasteiger partial charge in [-0.05, 0) is 24.0 Å². The van der Waals surface area contributed by atoms with Gasteiger partial charge in [0.2, 0.25) is 6.34 Å². The maximum atomic E-state index is 2.44. The molecule has 0 fully saturated rings. The molecule has 2 heteroatoms. The molecule has 0 unspecified atom stereocenters. The second kappa shape index (κ2) is 6.57. The molecule has 0 bridgehead atoms. The monoisotopic (exact) mass is 307 g/mol. The Bertz CT molecular complexity index is 673. The van der Waals surface area contributed by atoms with Crippen LogP contribution in [0, 0.1) is 0 Å². The van der Waals surface area contributed by atoms with Gasteiger partial charge in [0.1, 0.15) is 24.5 Å². The fourth-order valence-electron chi connectivity index (χ4n) is 3.33. The van der Waals surface area contributed by atoms with Crippen molar-refractivity contribution in [2.75, 3.05) is 18.0 Å². The first-order chi connectivity index (χ1) is 11.1. The standard InChI is InChI=1S/C21H27N2/c1-16(2)19-11-8-12-20(17(3)4)21(19)23-14-13-22(15-23)18-9-6-5-7-10-18/h5-12,15-17H,13-14H2,1-4H3/q+1.